The van der Waals surface area contributed by atoms with E-state index in [-0.39, 0.29) is 0 Å². The molecule has 0 spiro atoms. The van der Waals surface area contributed by atoms with Crippen LogP contribution in [-0.2, 0) is 0 Å². The first-order valence-corrected chi connectivity index (χ1v) is 7.48. The maximum Gasteiger partial charge on any atom is 0.00212 e. The zero-order valence-corrected chi connectivity index (χ0v) is 11.9. The normalized spacial score (nSPS) is 33.9. The van der Waals surface area contributed by atoms with Gasteiger partial charge in [-0.05, 0) is 62.4 Å². The van der Waals surface area contributed by atoms with Gasteiger partial charge in [0.1, 0.15) is 0 Å². The van der Waals surface area contributed by atoms with Gasteiger partial charge in [0.2, 0.25) is 0 Å². The van der Waals surface area contributed by atoms with Crippen LogP contribution in [0.1, 0.15) is 39.5 Å². The largest absolute Gasteiger partial charge is 0.330 e. The van der Waals surface area contributed by atoms with Crippen molar-refractivity contribution in [2.75, 3.05) is 26.7 Å². The van der Waals surface area contributed by atoms with Crippen molar-refractivity contribution in [3.05, 3.63) is 0 Å². The van der Waals surface area contributed by atoms with E-state index in [1.807, 2.05) is 0 Å². The lowest BCUT2D eigenvalue weighted by Gasteiger charge is -2.30. The standard InChI is InChI=1S/C15H30N2/c1-11(2)15(8-16)10-17(3)9-14-7-12-4-5-13(14)6-12/h11-15H,4-10,16H2,1-3H3. The second-order valence-corrected chi connectivity index (χ2v) is 6.90. The molecule has 2 bridgehead atoms. The summed E-state index contributed by atoms with van der Waals surface area (Å²) in [7, 11) is 2.29. The lowest BCUT2D eigenvalue weighted by atomic mass is 9.88. The highest BCUT2D eigenvalue weighted by atomic mass is 15.1. The molecule has 4 unspecified atom stereocenters. The van der Waals surface area contributed by atoms with E-state index in [1.54, 1.807) is 0 Å². The topological polar surface area (TPSA) is 29.3 Å². The minimum Gasteiger partial charge on any atom is -0.330 e. The molecule has 2 rings (SSSR count). The van der Waals surface area contributed by atoms with E-state index >= 15 is 0 Å². The van der Waals surface area contributed by atoms with Crippen LogP contribution in [-0.4, -0.2) is 31.6 Å². The quantitative estimate of drug-likeness (QED) is 0.770. The molecule has 2 fully saturated rings. The molecule has 0 amide bonds. The van der Waals surface area contributed by atoms with Gasteiger partial charge in [0.15, 0.2) is 0 Å². The first kappa shape index (κ1) is 13.4. The minimum absolute atomic E-state index is 0.665. The Kier molecular flexibility index (Phi) is 4.48. The molecule has 0 aromatic heterocycles. The zero-order valence-electron chi connectivity index (χ0n) is 11.9. The van der Waals surface area contributed by atoms with Gasteiger partial charge in [-0.25, -0.2) is 0 Å². The van der Waals surface area contributed by atoms with E-state index in [2.05, 4.69) is 25.8 Å². The third-order valence-electron chi connectivity index (χ3n) is 5.22. The summed E-state index contributed by atoms with van der Waals surface area (Å²) >= 11 is 0. The van der Waals surface area contributed by atoms with Gasteiger partial charge in [0, 0.05) is 13.1 Å². The van der Waals surface area contributed by atoms with Gasteiger partial charge in [0.25, 0.3) is 0 Å². The number of nitrogens with two attached hydrogens (primary N) is 1. The molecule has 2 aliphatic rings. The van der Waals surface area contributed by atoms with Crippen molar-refractivity contribution >= 4 is 0 Å². The Morgan fingerprint density at radius 2 is 2.00 bits per heavy atom. The molecule has 0 aliphatic heterocycles. The molecule has 2 heteroatoms. The van der Waals surface area contributed by atoms with Gasteiger partial charge < -0.3 is 10.6 Å². The average Bonchev–Trinajstić information content (AvgIpc) is 2.87. The molecule has 4 atom stereocenters. The van der Waals surface area contributed by atoms with Crippen LogP contribution >= 0.6 is 0 Å². The third-order valence-corrected chi connectivity index (χ3v) is 5.22. The smallest absolute Gasteiger partial charge is 0.00212 e. The minimum atomic E-state index is 0.665. The van der Waals surface area contributed by atoms with Crippen LogP contribution in [0.4, 0.5) is 0 Å². The van der Waals surface area contributed by atoms with Crippen molar-refractivity contribution in [1.82, 2.24) is 4.90 Å². The Hall–Kier alpha value is -0.0800. The van der Waals surface area contributed by atoms with E-state index in [4.69, 9.17) is 5.73 Å². The van der Waals surface area contributed by atoms with Crippen molar-refractivity contribution in [2.45, 2.75) is 39.5 Å². The van der Waals surface area contributed by atoms with Crippen LogP contribution in [0.25, 0.3) is 0 Å². The summed E-state index contributed by atoms with van der Waals surface area (Å²) in [6.07, 6.45) is 6.06. The van der Waals surface area contributed by atoms with E-state index in [0.717, 1.165) is 24.3 Å². The highest BCUT2D eigenvalue weighted by Gasteiger charge is 2.39. The van der Waals surface area contributed by atoms with Crippen LogP contribution in [0.15, 0.2) is 0 Å². The maximum atomic E-state index is 5.86. The highest BCUT2D eigenvalue weighted by Crippen LogP contribution is 2.48. The number of nitrogens with zero attached hydrogens (tertiary/aromatic N) is 1. The third kappa shape index (κ3) is 3.23. The monoisotopic (exact) mass is 238 g/mol. The summed E-state index contributed by atoms with van der Waals surface area (Å²) in [5.41, 5.74) is 5.86. The number of fused-ring (bicyclic) bond motifs is 2. The molecular formula is C15H30N2. The maximum absolute atomic E-state index is 5.86. The predicted octanol–water partition coefficient (Wildman–Crippen LogP) is 2.59. The Labute approximate surface area is 107 Å². The van der Waals surface area contributed by atoms with E-state index < -0.39 is 0 Å². The van der Waals surface area contributed by atoms with Crippen LogP contribution in [0.2, 0.25) is 0 Å². The Bertz CT molecular complexity index is 239. The molecule has 2 N–H and O–H groups in total. The number of hydrogen-bond acceptors (Lipinski definition) is 2. The molecule has 2 nitrogen and oxygen atoms in total. The molecule has 2 saturated carbocycles. The lowest BCUT2D eigenvalue weighted by Crippen LogP contribution is -2.36. The van der Waals surface area contributed by atoms with E-state index in [9.17, 15) is 0 Å². The number of rotatable bonds is 6. The Balaban J connectivity index is 1.75. The van der Waals surface area contributed by atoms with Crippen molar-refractivity contribution in [2.24, 2.45) is 35.3 Å². The summed E-state index contributed by atoms with van der Waals surface area (Å²) in [6, 6.07) is 0. The van der Waals surface area contributed by atoms with Crippen molar-refractivity contribution in [3.8, 4) is 0 Å². The number of hydrogen-bond donors (Lipinski definition) is 1. The summed E-state index contributed by atoms with van der Waals surface area (Å²) in [4.78, 5) is 2.54. The molecule has 0 aromatic rings. The van der Waals surface area contributed by atoms with Crippen LogP contribution in [0, 0.1) is 29.6 Å². The SMILES string of the molecule is CC(C)C(CN)CN(C)CC1CC2CCC1C2. The molecule has 0 aromatic carbocycles. The molecule has 0 heterocycles. The summed E-state index contributed by atoms with van der Waals surface area (Å²) in [5, 5.41) is 0. The van der Waals surface area contributed by atoms with Gasteiger partial charge >= 0.3 is 0 Å². The van der Waals surface area contributed by atoms with Crippen molar-refractivity contribution < 1.29 is 0 Å². The van der Waals surface area contributed by atoms with Gasteiger partial charge in [-0.15, -0.1) is 0 Å². The second kappa shape index (κ2) is 5.71. The Morgan fingerprint density at radius 3 is 2.47 bits per heavy atom. The van der Waals surface area contributed by atoms with Crippen molar-refractivity contribution in [3.63, 3.8) is 0 Å². The molecular weight excluding hydrogens is 208 g/mol. The molecule has 17 heavy (non-hydrogen) atoms. The summed E-state index contributed by atoms with van der Waals surface area (Å²) in [5.74, 6) is 4.50. The fourth-order valence-corrected chi connectivity index (χ4v) is 4.03. The fourth-order valence-electron chi connectivity index (χ4n) is 4.03. The van der Waals surface area contributed by atoms with Gasteiger partial charge in [-0.3, -0.25) is 0 Å². The van der Waals surface area contributed by atoms with Gasteiger partial charge in [0.05, 0.1) is 0 Å². The van der Waals surface area contributed by atoms with E-state index in [1.165, 1.54) is 38.8 Å². The Morgan fingerprint density at radius 1 is 1.24 bits per heavy atom. The summed E-state index contributed by atoms with van der Waals surface area (Å²) < 4.78 is 0. The first-order chi connectivity index (χ1) is 8.10. The van der Waals surface area contributed by atoms with E-state index in [0.29, 0.717) is 11.8 Å². The van der Waals surface area contributed by atoms with Crippen molar-refractivity contribution in [1.29, 1.82) is 0 Å². The lowest BCUT2D eigenvalue weighted by molar-refractivity contribution is 0.182. The fraction of sp³-hybridized carbons (Fsp3) is 1.00. The second-order valence-electron chi connectivity index (χ2n) is 6.90. The van der Waals surface area contributed by atoms with Crippen LogP contribution < -0.4 is 5.73 Å². The summed E-state index contributed by atoms with van der Waals surface area (Å²) in [6.45, 7) is 7.91. The molecule has 2 aliphatic carbocycles. The van der Waals surface area contributed by atoms with Gasteiger partial charge in [-0.1, -0.05) is 20.3 Å². The molecule has 0 saturated heterocycles. The highest BCUT2D eigenvalue weighted by molar-refractivity contribution is 4.91. The average molecular weight is 238 g/mol. The van der Waals surface area contributed by atoms with Gasteiger partial charge in [-0.2, -0.15) is 0 Å². The first-order valence-electron chi connectivity index (χ1n) is 7.48. The van der Waals surface area contributed by atoms with Crippen LogP contribution in [0.5, 0.6) is 0 Å². The predicted molar refractivity (Wildman–Crippen MR) is 73.8 cm³/mol. The molecule has 0 radical (unpaired) electrons. The molecule has 100 valence electrons. The zero-order chi connectivity index (χ0) is 12.4. The van der Waals surface area contributed by atoms with Crippen LogP contribution in [0.3, 0.4) is 0 Å².